The molecule has 6 atom stereocenters. The standard InChI is InChI=1S/C24H26O10/c1-15-28-12-18-21(31-15)22(33-19(25)13-29-16-8-4-2-5-9-16)23(24(27)32-18)34-20(26)14-30-17-10-6-3-7-11-17/h2-11,15,18,21-24,27H,12-14H2,1H3/t15?,18-,21-,22+,23-,24?/m1/s1. The lowest BCUT2D eigenvalue weighted by atomic mass is 9.97. The van der Waals surface area contributed by atoms with Crippen LogP contribution in [0.25, 0.3) is 0 Å². The normalized spacial score (nSPS) is 28.3. The second-order valence-corrected chi connectivity index (χ2v) is 7.68. The Bertz CT molecular complexity index is 937. The van der Waals surface area contributed by atoms with E-state index in [1.165, 1.54) is 0 Å². The lowest BCUT2D eigenvalue weighted by Crippen LogP contribution is -2.64. The molecule has 0 aliphatic carbocycles. The van der Waals surface area contributed by atoms with Crippen LogP contribution >= 0.6 is 0 Å². The molecule has 2 aromatic carbocycles. The van der Waals surface area contributed by atoms with Crippen molar-refractivity contribution in [2.24, 2.45) is 0 Å². The number of carbonyl (C=O) groups excluding carboxylic acids is 2. The number of para-hydroxylation sites is 2. The molecular weight excluding hydrogens is 448 g/mol. The molecule has 2 aliphatic heterocycles. The zero-order valence-electron chi connectivity index (χ0n) is 18.5. The highest BCUT2D eigenvalue weighted by Gasteiger charge is 2.52. The van der Waals surface area contributed by atoms with Crippen LogP contribution in [0.3, 0.4) is 0 Å². The number of esters is 2. The van der Waals surface area contributed by atoms with E-state index in [-0.39, 0.29) is 6.61 Å². The summed E-state index contributed by atoms with van der Waals surface area (Å²) < 4.78 is 38.5. The Hall–Kier alpha value is -3.18. The molecule has 0 radical (unpaired) electrons. The van der Waals surface area contributed by atoms with E-state index in [1.807, 2.05) is 12.1 Å². The van der Waals surface area contributed by atoms with Crippen LogP contribution < -0.4 is 9.47 Å². The first-order valence-corrected chi connectivity index (χ1v) is 10.8. The van der Waals surface area contributed by atoms with Crippen LogP contribution in [-0.4, -0.2) is 73.9 Å². The van der Waals surface area contributed by atoms with Crippen molar-refractivity contribution < 1.29 is 47.9 Å². The number of hydrogen-bond acceptors (Lipinski definition) is 10. The SMILES string of the molecule is CC1OC[C@H]2OC(O)[C@H](OC(=O)COc3ccccc3)[C@@H](OC(=O)COc3ccccc3)[C@@H]2O1. The van der Waals surface area contributed by atoms with Gasteiger partial charge in [0.1, 0.15) is 23.7 Å². The summed E-state index contributed by atoms with van der Waals surface area (Å²) >= 11 is 0. The van der Waals surface area contributed by atoms with Crippen LogP contribution in [0.2, 0.25) is 0 Å². The van der Waals surface area contributed by atoms with Crippen LogP contribution in [0, 0.1) is 0 Å². The summed E-state index contributed by atoms with van der Waals surface area (Å²) in [5, 5.41) is 10.5. The monoisotopic (exact) mass is 474 g/mol. The van der Waals surface area contributed by atoms with Gasteiger partial charge in [-0.15, -0.1) is 0 Å². The van der Waals surface area contributed by atoms with Gasteiger partial charge in [-0.1, -0.05) is 36.4 Å². The quantitative estimate of drug-likeness (QED) is 0.563. The van der Waals surface area contributed by atoms with Crippen LogP contribution in [0.15, 0.2) is 60.7 Å². The lowest BCUT2D eigenvalue weighted by molar-refractivity contribution is -0.350. The van der Waals surface area contributed by atoms with Crippen LogP contribution in [0.5, 0.6) is 11.5 Å². The van der Waals surface area contributed by atoms with Crippen LogP contribution in [-0.2, 0) is 33.3 Å². The summed E-state index contributed by atoms with van der Waals surface area (Å²) in [5.41, 5.74) is 0. The lowest BCUT2D eigenvalue weighted by Gasteiger charge is -2.46. The van der Waals surface area contributed by atoms with Crippen molar-refractivity contribution in [1.82, 2.24) is 0 Å². The Morgan fingerprint density at radius 3 is 1.94 bits per heavy atom. The highest BCUT2D eigenvalue weighted by atomic mass is 16.7. The van der Waals surface area contributed by atoms with Gasteiger partial charge in [0.2, 0.25) is 0 Å². The number of carbonyl (C=O) groups is 2. The fraction of sp³-hybridized carbons (Fsp3) is 0.417. The minimum atomic E-state index is -1.57. The number of benzene rings is 2. The van der Waals surface area contributed by atoms with Crippen molar-refractivity contribution in [1.29, 1.82) is 0 Å². The molecule has 2 unspecified atom stereocenters. The maximum atomic E-state index is 12.6. The van der Waals surface area contributed by atoms with E-state index in [1.54, 1.807) is 55.5 Å². The first-order chi connectivity index (χ1) is 16.5. The molecule has 10 nitrogen and oxygen atoms in total. The molecule has 2 aromatic rings. The molecule has 34 heavy (non-hydrogen) atoms. The van der Waals surface area contributed by atoms with E-state index >= 15 is 0 Å². The van der Waals surface area contributed by atoms with E-state index in [2.05, 4.69) is 0 Å². The summed E-state index contributed by atoms with van der Waals surface area (Å²) in [7, 11) is 0. The van der Waals surface area contributed by atoms with Gasteiger partial charge in [0.25, 0.3) is 0 Å². The number of hydrogen-bond donors (Lipinski definition) is 1. The number of aliphatic hydroxyl groups excluding tert-OH is 1. The Morgan fingerprint density at radius 2 is 1.38 bits per heavy atom. The summed E-state index contributed by atoms with van der Waals surface area (Å²) in [4.78, 5) is 25.0. The fourth-order valence-electron chi connectivity index (χ4n) is 3.63. The van der Waals surface area contributed by atoms with Gasteiger partial charge in [-0.2, -0.15) is 0 Å². The second kappa shape index (κ2) is 11.3. The molecule has 4 rings (SSSR count). The predicted octanol–water partition coefficient (Wildman–Crippen LogP) is 1.45. The maximum absolute atomic E-state index is 12.6. The summed E-state index contributed by atoms with van der Waals surface area (Å²) in [6, 6.07) is 17.5. The topological polar surface area (TPSA) is 119 Å². The average molecular weight is 474 g/mol. The number of rotatable bonds is 8. The molecule has 2 saturated heterocycles. The summed E-state index contributed by atoms with van der Waals surface area (Å²) in [6.07, 6.45) is -6.25. The van der Waals surface area contributed by atoms with Gasteiger partial charge in [-0.3, -0.25) is 0 Å². The molecular formula is C24H26O10. The Kier molecular flexibility index (Phi) is 7.96. The van der Waals surface area contributed by atoms with E-state index in [9.17, 15) is 14.7 Å². The van der Waals surface area contributed by atoms with Crippen molar-refractivity contribution >= 4 is 11.9 Å². The highest BCUT2D eigenvalue weighted by Crippen LogP contribution is 2.31. The van der Waals surface area contributed by atoms with E-state index in [0.29, 0.717) is 11.5 Å². The smallest absolute Gasteiger partial charge is 0.344 e. The molecule has 182 valence electrons. The van der Waals surface area contributed by atoms with Gasteiger partial charge < -0.3 is 38.3 Å². The van der Waals surface area contributed by atoms with Crippen LogP contribution in [0.1, 0.15) is 6.92 Å². The molecule has 2 aliphatic rings. The third-order valence-corrected chi connectivity index (χ3v) is 5.19. The Morgan fingerprint density at radius 1 is 0.853 bits per heavy atom. The minimum Gasteiger partial charge on any atom is -0.482 e. The fourth-order valence-corrected chi connectivity index (χ4v) is 3.63. The van der Waals surface area contributed by atoms with E-state index < -0.39 is 62.1 Å². The van der Waals surface area contributed by atoms with Gasteiger partial charge in [-0.25, -0.2) is 9.59 Å². The number of ether oxygens (including phenoxy) is 7. The largest absolute Gasteiger partial charge is 0.482 e. The van der Waals surface area contributed by atoms with Crippen molar-refractivity contribution in [2.45, 2.75) is 43.9 Å². The minimum absolute atomic E-state index is 0.106. The average Bonchev–Trinajstić information content (AvgIpc) is 2.85. The summed E-state index contributed by atoms with van der Waals surface area (Å²) in [5.74, 6) is -0.549. The maximum Gasteiger partial charge on any atom is 0.344 e. The van der Waals surface area contributed by atoms with Crippen LogP contribution in [0.4, 0.5) is 0 Å². The molecule has 0 aromatic heterocycles. The first-order valence-electron chi connectivity index (χ1n) is 10.8. The Balaban J connectivity index is 1.42. The molecule has 0 saturated carbocycles. The van der Waals surface area contributed by atoms with Crippen molar-refractivity contribution in [2.75, 3.05) is 19.8 Å². The predicted molar refractivity (Wildman–Crippen MR) is 115 cm³/mol. The van der Waals surface area contributed by atoms with Gasteiger partial charge in [-0.05, 0) is 31.2 Å². The molecule has 0 bridgehead atoms. The summed E-state index contributed by atoms with van der Waals surface area (Å²) in [6.45, 7) is 0.973. The van der Waals surface area contributed by atoms with Crippen molar-refractivity contribution in [3.05, 3.63) is 60.7 Å². The molecule has 1 N–H and O–H groups in total. The molecule has 2 heterocycles. The first kappa shape index (κ1) is 24.0. The van der Waals surface area contributed by atoms with Gasteiger partial charge in [0, 0.05) is 0 Å². The molecule has 0 spiro atoms. The van der Waals surface area contributed by atoms with Gasteiger partial charge in [0.05, 0.1) is 6.61 Å². The molecule has 2 fully saturated rings. The number of fused-ring (bicyclic) bond motifs is 1. The Labute approximate surface area is 196 Å². The number of aliphatic hydroxyl groups is 1. The van der Waals surface area contributed by atoms with Gasteiger partial charge >= 0.3 is 11.9 Å². The zero-order chi connectivity index (χ0) is 23.9. The van der Waals surface area contributed by atoms with Gasteiger partial charge in [0.15, 0.2) is 38.0 Å². The molecule has 0 amide bonds. The highest BCUT2D eigenvalue weighted by molar-refractivity contribution is 5.72. The van der Waals surface area contributed by atoms with Crippen molar-refractivity contribution in [3.63, 3.8) is 0 Å². The zero-order valence-corrected chi connectivity index (χ0v) is 18.5. The second-order valence-electron chi connectivity index (χ2n) is 7.68. The molecule has 10 heteroatoms. The third kappa shape index (κ3) is 6.23. The van der Waals surface area contributed by atoms with Crippen molar-refractivity contribution in [3.8, 4) is 11.5 Å². The van der Waals surface area contributed by atoms with E-state index in [0.717, 1.165) is 0 Å². The van der Waals surface area contributed by atoms with E-state index in [4.69, 9.17) is 33.2 Å². The third-order valence-electron chi connectivity index (χ3n) is 5.19.